The number of allylic oxidation sites excluding steroid dienone is 1. The zero-order valence-electron chi connectivity index (χ0n) is 10.9. The molecule has 0 amide bonds. The van der Waals surface area contributed by atoms with E-state index in [4.69, 9.17) is 9.47 Å². The lowest BCUT2D eigenvalue weighted by atomic mass is 10.1. The zero-order chi connectivity index (χ0) is 13.4. The second-order valence-electron chi connectivity index (χ2n) is 3.64. The van der Waals surface area contributed by atoms with Crippen LogP contribution in [-0.4, -0.2) is 25.1 Å². The smallest absolute Gasteiger partial charge is 0.185 e. The molecular weight excluding hydrogens is 248 g/mol. The lowest BCUT2D eigenvalue weighted by molar-refractivity contribution is -0.109. The summed E-state index contributed by atoms with van der Waals surface area (Å²) in [4.78, 5) is 10.8. The Labute approximate surface area is 112 Å². The summed E-state index contributed by atoms with van der Waals surface area (Å²) < 4.78 is 10.4. The van der Waals surface area contributed by atoms with Gasteiger partial charge < -0.3 is 9.47 Å². The van der Waals surface area contributed by atoms with Gasteiger partial charge in [-0.15, -0.1) is 0 Å². The molecule has 0 saturated heterocycles. The van der Waals surface area contributed by atoms with Gasteiger partial charge in [-0.25, -0.2) is 0 Å². The summed E-state index contributed by atoms with van der Waals surface area (Å²) in [5.41, 5.74) is 0.977. The van der Waals surface area contributed by atoms with Gasteiger partial charge in [-0.2, -0.15) is 0 Å². The van der Waals surface area contributed by atoms with Crippen LogP contribution in [0.25, 0.3) is 6.08 Å². The summed E-state index contributed by atoms with van der Waals surface area (Å²) in [6.07, 6.45) is 4.87. The average Bonchev–Trinajstić information content (AvgIpc) is 2.37. The molecule has 3 nitrogen and oxygen atoms in total. The van der Waals surface area contributed by atoms with Crippen molar-refractivity contribution >= 4 is 23.0 Å². The minimum absolute atomic E-state index is 0.155. The van der Waals surface area contributed by atoms with Gasteiger partial charge in [0.15, 0.2) is 5.12 Å². The average molecular weight is 266 g/mol. The number of hydrogen-bond donors (Lipinski definition) is 0. The third-order valence-corrected chi connectivity index (χ3v) is 3.17. The lowest BCUT2D eigenvalue weighted by Gasteiger charge is -2.07. The van der Waals surface area contributed by atoms with Crippen LogP contribution >= 0.6 is 11.8 Å². The van der Waals surface area contributed by atoms with Crippen molar-refractivity contribution in [3.8, 4) is 11.5 Å². The summed E-state index contributed by atoms with van der Waals surface area (Å²) in [5.74, 6) is 2.41. The van der Waals surface area contributed by atoms with Crippen molar-refractivity contribution in [1.82, 2.24) is 0 Å². The molecule has 0 atom stereocenters. The van der Waals surface area contributed by atoms with E-state index in [-0.39, 0.29) is 5.12 Å². The van der Waals surface area contributed by atoms with Crippen molar-refractivity contribution in [2.24, 2.45) is 0 Å². The molecule has 1 aromatic carbocycles. The Bertz CT molecular complexity index is 427. The molecule has 0 unspecified atom stereocenters. The van der Waals surface area contributed by atoms with Crippen LogP contribution in [0.1, 0.15) is 18.9 Å². The van der Waals surface area contributed by atoms with Gasteiger partial charge in [0.05, 0.1) is 14.2 Å². The first-order valence-electron chi connectivity index (χ1n) is 5.69. The second kappa shape index (κ2) is 7.82. The maximum Gasteiger partial charge on any atom is 0.185 e. The fourth-order valence-corrected chi connectivity index (χ4v) is 1.99. The van der Waals surface area contributed by atoms with E-state index < -0.39 is 0 Å². The fourth-order valence-electron chi connectivity index (χ4n) is 1.45. The normalized spacial score (nSPS) is 10.6. The van der Waals surface area contributed by atoms with Gasteiger partial charge in [0.2, 0.25) is 0 Å². The van der Waals surface area contributed by atoms with Crippen molar-refractivity contribution in [1.29, 1.82) is 0 Å². The van der Waals surface area contributed by atoms with E-state index in [1.54, 1.807) is 21.1 Å². The molecule has 0 aliphatic rings. The molecule has 4 heteroatoms. The van der Waals surface area contributed by atoms with E-state index >= 15 is 0 Å². The molecule has 0 aromatic heterocycles. The number of thioether (sulfide) groups is 1. The van der Waals surface area contributed by atoms with Crippen LogP contribution in [0.15, 0.2) is 24.3 Å². The lowest BCUT2D eigenvalue weighted by Crippen LogP contribution is -1.89. The highest BCUT2D eigenvalue weighted by Gasteiger charge is 2.01. The van der Waals surface area contributed by atoms with Gasteiger partial charge >= 0.3 is 0 Å². The summed E-state index contributed by atoms with van der Waals surface area (Å²) in [6.45, 7) is 1.58. The first kappa shape index (κ1) is 14.6. The van der Waals surface area contributed by atoms with Gasteiger partial charge in [0.1, 0.15) is 11.5 Å². The number of hydrogen-bond acceptors (Lipinski definition) is 4. The maximum absolute atomic E-state index is 10.8. The monoisotopic (exact) mass is 266 g/mol. The molecule has 0 heterocycles. The van der Waals surface area contributed by atoms with Crippen LogP contribution in [0.2, 0.25) is 0 Å². The number of methoxy groups -OCH3 is 2. The standard InChI is InChI=1S/C14H18O3S/c1-11(15)18-9-5-4-6-12-10-13(16-2)7-8-14(12)17-3/h4,6-8,10H,5,9H2,1-3H3. The number of benzene rings is 1. The van der Waals surface area contributed by atoms with Crippen LogP contribution in [0, 0.1) is 0 Å². The molecule has 1 rings (SSSR count). The molecule has 18 heavy (non-hydrogen) atoms. The highest BCUT2D eigenvalue weighted by molar-refractivity contribution is 8.13. The molecule has 0 bridgehead atoms. The Hall–Kier alpha value is -1.42. The molecular formula is C14H18O3S. The number of carbonyl (C=O) groups excluding carboxylic acids is 1. The Kier molecular flexibility index (Phi) is 6.36. The van der Waals surface area contributed by atoms with Crippen LogP contribution in [0.3, 0.4) is 0 Å². The highest BCUT2D eigenvalue weighted by atomic mass is 32.2. The van der Waals surface area contributed by atoms with Gasteiger partial charge in [-0.1, -0.05) is 23.9 Å². The largest absolute Gasteiger partial charge is 0.497 e. The Balaban J connectivity index is 2.63. The first-order chi connectivity index (χ1) is 8.67. The summed E-state index contributed by atoms with van der Waals surface area (Å²) in [6, 6.07) is 5.66. The Morgan fingerprint density at radius 2 is 2.11 bits per heavy atom. The van der Waals surface area contributed by atoms with Crippen molar-refractivity contribution in [3.05, 3.63) is 29.8 Å². The van der Waals surface area contributed by atoms with E-state index in [9.17, 15) is 4.79 Å². The Morgan fingerprint density at radius 1 is 1.33 bits per heavy atom. The molecule has 0 fully saturated rings. The van der Waals surface area contributed by atoms with Crippen molar-refractivity contribution in [2.45, 2.75) is 13.3 Å². The Morgan fingerprint density at radius 3 is 2.72 bits per heavy atom. The van der Waals surface area contributed by atoms with Crippen LogP contribution in [-0.2, 0) is 4.79 Å². The molecule has 0 radical (unpaired) electrons. The molecule has 0 aliphatic carbocycles. The number of carbonyl (C=O) groups is 1. The predicted molar refractivity (Wildman–Crippen MR) is 76.3 cm³/mol. The minimum atomic E-state index is 0.155. The highest BCUT2D eigenvalue weighted by Crippen LogP contribution is 2.25. The minimum Gasteiger partial charge on any atom is -0.497 e. The van der Waals surface area contributed by atoms with Crippen molar-refractivity contribution in [2.75, 3.05) is 20.0 Å². The van der Waals surface area contributed by atoms with E-state index in [0.717, 1.165) is 29.2 Å². The first-order valence-corrected chi connectivity index (χ1v) is 6.68. The molecule has 1 aromatic rings. The second-order valence-corrected chi connectivity index (χ2v) is 4.91. The third kappa shape index (κ3) is 4.84. The van der Waals surface area contributed by atoms with Gasteiger partial charge in [-0.05, 0) is 24.6 Å². The van der Waals surface area contributed by atoms with E-state index in [0.29, 0.717) is 0 Å². The van der Waals surface area contributed by atoms with E-state index in [1.165, 1.54) is 11.8 Å². The predicted octanol–water partition coefficient (Wildman–Crippen LogP) is 3.39. The third-order valence-electron chi connectivity index (χ3n) is 2.32. The van der Waals surface area contributed by atoms with Crippen LogP contribution in [0.4, 0.5) is 0 Å². The molecule has 0 aliphatic heterocycles. The summed E-state index contributed by atoms with van der Waals surface area (Å²) in [7, 11) is 3.28. The van der Waals surface area contributed by atoms with Gasteiger partial charge in [0.25, 0.3) is 0 Å². The topological polar surface area (TPSA) is 35.5 Å². The quantitative estimate of drug-likeness (QED) is 0.739. The van der Waals surface area contributed by atoms with Crippen LogP contribution < -0.4 is 9.47 Å². The van der Waals surface area contributed by atoms with Crippen LogP contribution in [0.5, 0.6) is 11.5 Å². The molecule has 0 spiro atoms. The summed E-state index contributed by atoms with van der Waals surface area (Å²) >= 11 is 1.34. The number of rotatable bonds is 6. The molecule has 98 valence electrons. The fraction of sp³-hybridized carbons (Fsp3) is 0.357. The zero-order valence-corrected chi connectivity index (χ0v) is 11.8. The van der Waals surface area contributed by atoms with Crippen molar-refractivity contribution in [3.63, 3.8) is 0 Å². The SMILES string of the molecule is COc1ccc(OC)c(C=CCCSC(C)=O)c1. The van der Waals surface area contributed by atoms with Gasteiger partial charge in [0, 0.05) is 18.2 Å². The summed E-state index contributed by atoms with van der Waals surface area (Å²) in [5, 5.41) is 0.155. The molecule has 0 saturated carbocycles. The van der Waals surface area contributed by atoms with E-state index in [2.05, 4.69) is 0 Å². The van der Waals surface area contributed by atoms with E-state index in [1.807, 2.05) is 30.4 Å². The van der Waals surface area contributed by atoms with Crippen molar-refractivity contribution < 1.29 is 14.3 Å². The maximum atomic E-state index is 10.8. The molecule has 0 N–H and O–H groups in total. The number of ether oxygens (including phenoxy) is 2. The van der Waals surface area contributed by atoms with Gasteiger partial charge in [-0.3, -0.25) is 4.79 Å².